The van der Waals surface area contributed by atoms with Crippen LogP contribution in [0.4, 0.5) is 13.2 Å². The van der Waals surface area contributed by atoms with Crippen LogP contribution in [-0.2, 0) is 4.74 Å². The summed E-state index contributed by atoms with van der Waals surface area (Å²) in [6.07, 6.45) is -3.95. The van der Waals surface area contributed by atoms with Crippen LogP contribution in [-0.4, -0.2) is 47.3 Å². The number of rotatable bonds is 7. The van der Waals surface area contributed by atoms with Gasteiger partial charge in [-0.3, -0.25) is 0 Å². The van der Waals surface area contributed by atoms with Gasteiger partial charge in [-0.2, -0.15) is 17.5 Å². The Morgan fingerprint density at radius 1 is 1.24 bits per heavy atom. The SMILES string of the molecule is FC(F)(F)CCOCCOc1nsnc1C1C2CNC1C2. The molecule has 0 aromatic carbocycles. The highest BCUT2D eigenvalue weighted by atomic mass is 32.1. The lowest BCUT2D eigenvalue weighted by molar-refractivity contribution is -0.145. The molecule has 2 saturated heterocycles. The fraction of sp³-hybridized carbons (Fsp3) is 0.833. The summed E-state index contributed by atoms with van der Waals surface area (Å²) >= 11 is 1.10. The molecule has 1 aliphatic carbocycles. The topological polar surface area (TPSA) is 56.3 Å². The second-order valence-corrected chi connectivity index (χ2v) is 5.85. The molecule has 5 nitrogen and oxygen atoms in total. The number of aromatic nitrogens is 2. The lowest BCUT2D eigenvalue weighted by Gasteiger charge is -2.33. The standard InChI is InChI=1S/C12H16F3N3O2S/c13-12(14,15)1-2-19-3-4-20-11-10(17-21-18-11)9-7-5-8(9)16-6-7/h7-9,16H,1-6H2. The quantitative estimate of drug-likeness (QED) is 0.778. The highest BCUT2D eigenvalue weighted by Crippen LogP contribution is 2.48. The van der Waals surface area contributed by atoms with E-state index in [1.807, 2.05) is 0 Å². The molecule has 9 heteroatoms. The molecular formula is C12H16F3N3O2S. The minimum atomic E-state index is -4.18. The molecule has 0 radical (unpaired) electrons. The molecule has 118 valence electrons. The molecule has 1 saturated carbocycles. The predicted octanol–water partition coefficient (Wildman–Crippen LogP) is 1.96. The molecule has 4 rings (SSSR count). The Kier molecular flexibility index (Phi) is 4.32. The van der Waals surface area contributed by atoms with E-state index in [0.717, 1.165) is 24.0 Å². The molecule has 3 unspecified atom stereocenters. The van der Waals surface area contributed by atoms with Gasteiger partial charge in [0.15, 0.2) is 0 Å². The normalized spacial score (nSPS) is 27.7. The Hall–Kier alpha value is -0.930. The minimum absolute atomic E-state index is 0.114. The Bertz CT molecular complexity index is 469. The maximum absolute atomic E-state index is 11.9. The molecule has 3 aliphatic rings. The van der Waals surface area contributed by atoms with Crippen LogP contribution in [0.15, 0.2) is 0 Å². The van der Waals surface area contributed by atoms with Crippen molar-refractivity contribution in [3.63, 3.8) is 0 Å². The van der Waals surface area contributed by atoms with Crippen LogP contribution in [0.3, 0.4) is 0 Å². The maximum Gasteiger partial charge on any atom is 0.391 e. The summed E-state index contributed by atoms with van der Waals surface area (Å²) in [4.78, 5) is 0. The summed E-state index contributed by atoms with van der Waals surface area (Å²) in [6.45, 7) is 0.965. The third kappa shape index (κ3) is 3.46. The first-order chi connectivity index (χ1) is 10.0. The summed E-state index contributed by atoms with van der Waals surface area (Å²) in [5.74, 6) is 1.47. The minimum Gasteiger partial charge on any atom is -0.473 e. The number of hydrogen-bond acceptors (Lipinski definition) is 6. The van der Waals surface area contributed by atoms with Crippen LogP contribution in [0.5, 0.6) is 5.88 Å². The van der Waals surface area contributed by atoms with Crippen molar-refractivity contribution >= 4 is 11.7 Å². The van der Waals surface area contributed by atoms with E-state index in [1.165, 1.54) is 6.42 Å². The molecule has 2 aliphatic heterocycles. The van der Waals surface area contributed by atoms with E-state index in [2.05, 4.69) is 14.1 Å². The zero-order chi connectivity index (χ0) is 14.9. The molecule has 3 heterocycles. The average molecular weight is 323 g/mol. The van der Waals surface area contributed by atoms with Gasteiger partial charge in [-0.25, -0.2) is 0 Å². The Labute approximate surface area is 124 Å². The molecule has 3 atom stereocenters. The maximum atomic E-state index is 11.9. The Balaban J connectivity index is 1.39. The summed E-state index contributed by atoms with van der Waals surface area (Å²) in [7, 11) is 0. The van der Waals surface area contributed by atoms with E-state index >= 15 is 0 Å². The largest absolute Gasteiger partial charge is 0.473 e. The van der Waals surface area contributed by atoms with Crippen molar-refractivity contribution in [2.24, 2.45) is 5.92 Å². The van der Waals surface area contributed by atoms with Crippen LogP contribution in [0.2, 0.25) is 0 Å². The fourth-order valence-corrected chi connectivity index (χ4v) is 3.42. The lowest BCUT2D eigenvalue weighted by atomic mass is 9.72. The van der Waals surface area contributed by atoms with Gasteiger partial charge in [0.05, 0.1) is 31.4 Å². The van der Waals surface area contributed by atoms with Crippen molar-refractivity contribution in [3.8, 4) is 5.88 Å². The number of nitrogens with zero attached hydrogens (tertiary/aromatic N) is 2. The Morgan fingerprint density at radius 2 is 2.10 bits per heavy atom. The van der Waals surface area contributed by atoms with Gasteiger partial charge in [0.2, 0.25) is 5.88 Å². The predicted molar refractivity (Wildman–Crippen MR) is 69.5 cm³/mol. The van der Waals surface area contributed by atoms with E-state index in [9.17, 15) is 13.2 Å². The van der Waals surface area contributed by atoms with Gasteiger partial charge in [-0.15, -0.1) is 4.37 Å². The second kappa shape index (κ2) is 6.05. The zero-order valence-corrected chi connectivity index (χ0v) is 12.0. The smallest absolute Gasteiger partial charge is 0.391 e. The molecule has 1 aromatic rings. The van der Waals surface area contributed by atoms with Gasteiger partial charge in [-0.1, -0.05) is 0 Å². The van der Waals surface area contributed by atoms with Crippen molar-refractivity contribution in [3.05, 3.63) is 5.69 Å². The van der Waals surface area contributed by atoms with E-state index in [0.29, 0.717) is 23.8 Å². The van der Waals surface area contributed by atoms with Crippen molar-refractivity contribution < 1.29 is 22.6 Å². The molecule has 1 N–H and O–H groups in total. The molecule has 21 heavy (non-hydrogen) atoms. The number of nitrogens with one attached hydrogen (secondary N) is 1. The van der Waals surface area contributed by atoms with Crippen LogP contribution < -0.4 is 10.1 Å². The molecule has 3 fully saturated rings. The highest BCUT2D eigenvalue weighted by Gasteiger charge is 2.49. The third-order valence-electron chi connectivity index (χ3n) is 3.93. The number of fused-ring (bicyclic) bond motifs is 1. The van der Waals surface area contributed by atoms with Crippen LogP contribution >= 0.6 is 11.7 Å². The summed E-state index contributed by atoms with van der Waals surface area (Å²) in [5, 5.41) is 3.41. The van der Waals surface area contributed by atoms with Crippen LogP contribution in [0.1, 0.15) is 24.5 Å². The van der Waals surface area contributed by atoms with Gasteiger partial charge >= 0.3 is 6.18 Å². The first kappa shape index (κ1) is 15.0. The van der Waals surface area contributed by atoms with Gasteiger partial charge < -0.3 is 14.8 Å². The van der Waals surface area contributed by atoms with Crippen LogP contribution in [0.25, 0.3) is 0 Å². The van der Waals surface area contributed by atoms with E-state index in [4.69, 9.17) is 9.47 Å². The molecule has 0 amide bonds. The zero-order valence-electron chi connectivity index (χ0n) is 11.2. The first-order valence-electron chi connectivity index (χ1n) is 6.88. The van der Waals surface area contributed by atoms with Gasteiger partial charge in [0, 0.05) is 12.0 Å². The number of halogens is 3. The summed E-state index contributed by atoms with van der Waals surface area (Å²) in [6, 6.07) is 0.462. The molecular weight excluding hydrogens is 307 g/mol. The number of alkyl halides is 3. The second-order valence-electron chi connectivity index (χ2n) is 5.32. The number of ether oxygens (including phenoxy) is 2. The van der Waals surface area contributed by atoms with Crippen molar-refractivity contribution in [1.29, 1.82) is 0 Å². The lowest BCUT2D eigenvalue weighted by Crippen LogP contribution is -2.35. The average Bonchev–Trinajstić information content (AvgIpc) is 3.08. The van der Waals surface area contributed by atoms with Crippen molar-refractivity contribution in [1.82, 2.24) is 14.1 Å². The van der Waals surface area contributed by atoms with Crippen molar-refractivity contribution in [2.45, 2.75) is 31.0 Å². The van der Waals surface area contributed by atoms with E-state index in [-0.39, 0.29) is 19.8 Å². The molecule has 0 spiro atoms. The summed E-state index contributed by atoms with van der Waals surface area (Å²) in [5.41, 5.74) is 0.876. The highest BCUT2D eigenvalue weighted by molar-refractivity contribution is 6.99. The molecule has 2 bridgehead atoms. The summed E-state index contributed by atoms with van der Waals surface area (Å²) < 4.78 is 54.6. The van der Waals surface area contributed by atoms with Crippen molar-refractivity contribution in [2.75, 3.05) is 26.4 Å². The first-order valence-corrected chi connectivity index (χ1v) is 7.61. The van der Waals surface area contributed by atoms with Gasteiger partial charge in [0.1, 0.15) is 12.3 Å². The number of hydrogen-bond donors (Lipinski definition) is 1. The van der Waals surface area contributed by atoms with E-state index in [1.54, 1.807) is 0 Å². The van der Waals surface area contributed by atoms with Gasteiger partial charge in [0.25, 0.3) is 0 Å². The monoisotopic (exact) mass is 323 g/mol. The fourth-order valence-electron chi connectivity index (χ4n) is 2.87. The van der Waals surface area contributed by atoms with Crippen LogP contribution in [0, 0.1) is 5.92 Å². The van der Waals surface area contributed by atoms with Gasteiger partial charge in [-0.05, 0) is 18.9 Å². The Morgan fingerprint density at radius 3 is 2.76 bits per heavy atom. The third-order valence-corrected chi connectivity index (χ3v) is 4.46. The van der Waals surface area contributed by atoms with E-state index < -0.39 is 12.6 Å². The molecule has 1 aromatic heterocycles.